The van der Waals surface area contributed by atoms with Crippen LogP contribution >= 0.6 is 0 Å². The van der Waals surface area contributed by atoms with Crippen molar-refractivity contribution in [2.45, 2.75) is 19.0 Å². The smallest absolute Gasteiger partial charge is 0.433 e. The van der Waals surface area contributed by atoms with Gasteiger partial charge in [0.1, 0.15) is 5.69 Å². The van der Waals surface area contributed by atoms with Crippen LogP contribution in [0, 0.1) is 0 Å². The molecule has 0 aromatic carbocycles. The number of pyridine rings is 1. The van der Waals surface area contributed by atoms with Crippen LogP contribution < -0.4 is 0 Å². The van der Waals surface area contributed by atoms with Crippen molar-refractivity contribution in [1.29, 1.82) is 0 Å². The van der Waals surface area contributed by atoms with Gasteiger partial charge in [-0.3, -0.25) is 9.78 Å². The van der Waals surface area contributed by atoms with Crippen LogP contribution in [0.3, 0.4) is 0 Å². The van der Waals surface area contributed by atoms with Crippen LogP contribution in [-0.2, 0) is 22.1 Å². The van der Waals surface area contributed by atoms with Crippen molar-refractivity contribution in [2.24, 2.45) is 0 Å². The number of carbonyl (C=O) groups is 1. The topological polar surface area (TPSA) is 39.2 Å². The highest BCUT2D eigenvalue weighted by atomic mass is 19.4. The maximum Gasteiger partial charge on any atom is 0.433 e. The van der Waals surface area contributed by atoms with Gasteiger partial charge in [0.05, 0.1) is 13.5 Å². The standard InChI is InChI=1S/C10H8F5NO2/c1-18-7(17)3-5-2-6(9(11)12)4-16-8(5)10(13,14)15/h2,4,9H,3H2,1H3. The first kappa shape index (κ1) is 14.3. The minimum atomic E-state index is -4.82. The van der Waals surface area contributed by atoms with Gasteiger partial charge in [-0.2, -0.15) is 13.2 Å². The van der Waals surface area contributed by atoms with Crippen molar-refractivity contribution in [2.75, 3.05) is 7.11 Å². The Morgan fingerprint density at radius 3 is 2.50 bits per heavy atom. The summed E-state index contributed by atoms with van der Waals surface area (Å²) in [7, 11) is 0.986. The predicted molar refractivity (Wildman–Crippen MR) is 49.9 cm³/mol. The zero-order chi connectivity index (χ0) is 13.9. The van der Waals surface area contributed by atoms with E-state index in [-0.39, 0.29) is 0 Å². The first-order chi connectivity index (χ1) is 8.25. The highest BCUT2D eigenvalue weighted by molar-refractivity contribution is 5.72. The van der Waals surface area contributed by atoms with E-state index in [4.69, 9.17) is 0 Å². The van der Waals surface area contributed by atoms with Crippen LogP contribution in [0.5, 0.6) is 0 Å². The number of nitrogens with zero attached hydrogens (tertiary/aromatic N) is 1. The Labute approximate surface area is 98.6 Å². The number of halogens is 5. The summed E-state index contributed by atoms with van der Waals surface area (Å²) in [5, 5.41) is 0. The number of methoxy groups -OCH3 is 1. The van der Waals surface area contributed by atoms with Gasteiger partial charge in [0.15, 0.2) is 0 Å². The van der Waals surface area contributed by atoms with Gasteiger partial charge in [-0.1, -0.05) is 0 Å². The number of esters is 1. The molecule has 0 saturated carbocycles. The van der Waals surface area contributed by atoms with E-state index in [1.54, 1.807) is 0 Å². The largest absolute Gasteiger partial charge is 0.469 e. The molecule has 0 atom stereocenters. The van der Waals surface area contributed by atoms with E-state index < -0.39 is 41.8 Å². The molecule has 0 spiro atoms. The number of rotatable bonds is 3. The molecule has 100 valence electrons. The normalized spacial score (nSPS) is 11.7. The Hall–Kier alpha value is -1.73. The molecular weight excluding hydrogens is 261 g/mol. The van der Waals surface area contributed by atoms with E-state index in [0.717, 1.165) is 7.11 Å². The third-order valence-corrected chi connectivity index (χ3v) is 2.07. The van der Waals surface area contributed by atoms with Gasteiger partial charge >= 0.3 is 12.1 Å². The Morgan fingerprint density at radius 1 is 1.44 bits per heavy atom. The predicted octanol–water partition coefficient (Wildman–Crippen LogP) is 2.75. The van der Waals surface area contributed by atoms with Gasteiger partial charge in [0.25, 0.3) is 6.43 Å². The summed E-state index contributed by atoms with van der Waals surface area (Å²) in [6.07, 6.45) is -8.10. The number of aromatic nitrogens is 1. The Morgan fingerprint density at radius 2 is 2.06 bits per heavy atom. The fraction of sp³-hybridized carbons (Fsp3) is 0.400. The molecule has 0 saturated heterocycles. The molecule has 1 aromatic rings. The molecule has 3 nitrogen and oxygen atoms in total. The second-order valence-electron chi connectivity index (χ2n) is 3.33. The van der Waals surface area contributed by atoms with Crippen LogP contribution in [0.25, 0.3) is 0 Å². The number of ether oxygens (including phenoxy) is 1. The molecular formula is C10H8F5NO2. The lowest BCUT2D eigenvalue weighted by molar-refractivity contribution is -0.143. The van der Waals surface area contributed by atoms with E-state index in [9.17, 15) is 26.7 Å². The lowest BCUT2D eigenvalue weighted by Gasteiger charge is -2.12. The molecule has 0 aliphatic rings. The maximum atomic E-state index is 12.5. The molecule has 1 heterocycles. The second kappa shape index (κ2) is 5.28. The third kappa shape index (κ3) is 3.38. The van der Waals surface area contributed by atoms with E-state index in [1.807, 2.05) is 0 Å². The van der Waals surface area contributed by atoms with Gasteiger partial charge in [0, 0.05) is 11.8 Å². The molecule has 0 amide bonds. The Kier molecular flexibility index (Phi) is 4.20. The highest BCUT2D eigenvalue weighted by Gasteiger charge is 2.36. The summed E-state index contributed by atoms with van der Waals surface area (Å²) >= 11 is 0. The summed E-state index contributed by atoms with van der Waals surface area (Å²) in [4.78, 5) is 13.9. The van der Waals surface area contributed by atoms with Gasteiger partial charge < -0.3 is 4.74 Å². The van der Waals surface area contributed by atoms with Gasteiger partial charge in [-0.15, -0.1) is 0 Å². The lowest BCUT2D eigenvalue weighted by Crippen LogP contribution is -2.16. The first-order valence-corrected chi connectivity index (χ1v) is 4.66. The van der Waals surface area contributed by atoms with Crippen LogP contribution in [0.4, 0.5) is 22.0 Å². The molecule has 0 unspecified atom stereocenters. The molecule has 0 aliphatic heterocycles. The summed E-state index contributed by atoms with van der Waals surface area (Å²) in [6, 6.07) is 0.609. The Balaban J connectivity index is 3.22. The summed E-state index contributed by atoms with van der Waals surface area (Å²) in [6.45, 7) is 0. The number of hydrogen-bond donors (Lipinski definition) is 0. The van der Waals surface area contributed by atoms with E-state index >= 15 is 0 Å². The fourth-order valence-electron chi connectivity index (χ4n) is 1.27. The first-order valence-electron chi connectivity index (χ1n) is 4.66. The van der Waals surface area contributed by atoms with Crippen molar-refractivity contribution in [3.8, 4) is 0 Å². The molecule has 0 bridgehead atoms. The fourth-order valence-corrected chi connectivity index (χ4v) is 1.27. The van der Waals surface area contributed by atoms with Gasteiger partial charge in [-0.25, -0.2) is 8.78 Å². The highest BCUT2D eigenvalue weighted by Crippen LogP contribution is 2.32. The quantitative estimate of drug-likeness (QED) is 0.625. The van der Waals surface area contributed by atoms with Crippen molar-refractivity contribution < 1.29 is 31.5 Å². The monoisotopic (exact) mass is 269 g/mol. The second-order valence-corrected chi connectivity index (χ2v) is 3.33. The summed E-state index contributed by atoms with van der Waals surface area (Å²) < 4.78 is 66.5. The molecule has 0 fully saturated rings. The number of carbonyl (C=O) groups excluding carboxylic acids is 1. The van der Waals surface area contributed by atoms with Crippen LogP contribution in [0.15, 0.2) is 12.3 Å². The third-order valence-electron chi connectivity index (χ3n) is 2.07. The average molecular weight is 269 g/mol. The molecule has 18 heavy (non-hydrogen) atoms. The van der Waals surface area contributed by atoms with Gasteiger partial charge in [0.2, 0.25) is 0 Å². The average Bonchev–Trinajstić information content (AvgIpc) is 2.27. The minimum Gasteiger partial charge on any atom is -0.469 e. The molecule has 8 heteroatoms. The van der Waals surface area contributed by atoms with E-state index in [1.165, 1.54) is 0 Å². The zero-order valence-corrected chi connectivity index (χ0v) is 9.09. The van der Waals surface area contributed by atoms with Crippen LogP contribution in [-0.4, -0.2) is 18.1 Å². The Bertz CT molecular complexity index is 444. The van der Waals surface area contributed by atoms with Crippen LogP contribution in [0.2, 0.25) is 0 Å². The molecule has 1 aromatic heterocycles. The molecule has 0 aliphatic carbocycles. The molecule has 1 rings (SSSR count). The number of hydrogen-bond acceptors (Lipinski definition) is 3. The number of alkyl halides is 5. The maximum absolute atomic E-state index is 12.5. The lowest BCUT2D eigenvalue weighted by atomic mass is 10.1. The summed E-state index contributed by atoms with van der Waals surface area (Å²) in [5.41, 5.74) is -2.67. The molecule has 0 N–H and O–H groups in total. The van der Waals surface area contributed by atoms with Gasteiger partial charge in [-0.05, 0) is 11.6 Å². The van der Waals surface area contributed by atoms with Crippen LogP contribution in [0.1, 0.15) is 23.2 Å². The zero-order valence-electron chi connectivity index (χ0n) is 9.09. The SMILES string of the molecule is COC(=O)Cc1cc(C(F)F)cnc1C(F)(F)F. The van der Waals surface area contributed by atoms with Crippen molar-refractivity contribution in [1.82, 2.24) is 4.98 Å². The summed E-state index contributed by atoms with van der Waals surface area (Å²) in [5.74, 6) is -0.964. The minimum absolute atomic E-state index is 0.439. The van der Waals surface area contributed by atoms with E-state index in [2.05, 4.69) is 9.72 Å². The van der Waals surface area contributed by atoms with E-state index in [0.29, 0.717) is 12.3 Å². The van der Waals surface area contributed by atoms with Crippen molar-refractivity contribution in [3.05, 3.63) is 29.1 Å². The van der Waals surface area contributed by atoms with Crippen molar-refractivity contribution >= 4 is 5.97 Å². The van der Waals surface area contributed by atoms with Crippen molar-refractivity contribution in [3.63, 3.8) is 0 Å². The molecule has 0 radical (unpaired) electrons.